The molecule has 2 unspecified atom stereocenters. The van der Waals surface area contributed by atoms with Crippen molar-refractivity contribution in [2.45, 2.75) is 52.6 Å². The highest BCUT2D eigenvalue weighted by atomic mass is 33.1. The molecule has 0 saturated carbocycles. The third kappa shape index (κ3) is 2.74. The average Bonchev–Trinajstić information content (AvgIpc) is 2.12. The summed E-state index contributed by atoms with van der Waals surface area (Å²) in [6, 6.07) is 0. The summed E-state index contributed by atoms with van der Waals surface area (Å²) in [4.78, 5) is 0. The van der Waals surface area contributed by atoms with E-state index in [9.17, 15) is 4.57 Å². The molecule has 0 aromatic carbocycles. The van der Waals surface area contributed by atoms with Gasteiger partial charge in [-0.3, -0.25) is 0 Å². The second kappa shape index (κ2) is 5.32. The van der Waals surface area contributed by atoms with Gasteiger partial charge in [0.15, 0.2) is 5.55 Å². The highest BCUT2D eigenvalue weighted by Crippen LogP contribution is 2.71. The fraction of sp³-hybridized carbons (Fsp3) is 1.00. The first kappa shape index (κ1) is 14.9. The second-order valence-electron chi connectivity index (χ2n) is 4.39. The van der Waals surface area contributed by atoms with Crippen LogP contribution in [-0.2, 0) is 4.57 Å². The van der Waals surface area contributed by atoms with Crippen molar-refractivity contribution in [1.82, 2.24) is 0 Å². The largest absolute Gasteiger partial charge is 0.300 e. The van der Waals surface area contributed by atoms with E-state index in [-0.39, 0.29) is 5.16 Å². The summed E-state index contributed by atoms with van der Waals surface area (Å²) in [5, 5.41) is -0.261. The predicted molar refractivity (Wildman–Crippen MR) is 72.9 cm³/mol. The minimum atomic E-state index is -2.64. The lowest BCUT2D eigenvalue weighted by molar-refractivity contribution is 0.294. The van der Waals surface area contributed by atoms with Gasteiger partial charge in [-0.2, -0.15) is 0 Å². The molecule has 4 heteroatoms. The van der Waals surface area contributed by atoms with Crippen LogP contribution in [0.5, 0.6) is 0 Å². The molecule has 0 rings (SSSR count). The summed E-state index contributed by atoms with van der Waals surface area (Å²) in [5.74, 6) is 0.775. The van der Waals surface area contributed by atoms with Crippen molar-refractivity contribution < 1.29 is 4.57 Å². The van der Waals surface area contributed by atoms with Crippen LogP contribution < -0.4 is 0 Å². The summed E-state index contributed by atoms with van der Waals surface area (Å²) in [6.07, 6.45) is 2.04. The Morgan fingerprint density at radius 3 is 1.57 bits per heavy atom. The van der Waals surface area contributed by atoms with E-state index >= 15 is 0 Å². The van der Waals surface area contributed by atoms with Gasteiger partial charge < -0.3 is 4.57 Å². The number of rotatable bonds is 5. The molecule has 86 valence electrons. The van der Waals surface area contributed by atoms with Crippen LogP contribution in [0.15, 0.2) is 0 Å². The molecule has 1 nitrogen and oxygen atoms in total. The van der Waals surface area contributed by atoms with Crippen LogP contribution in [-0.4, -0.2) is 5.16 Å². The van der Waals surface area contributed by atoms with Crippen molar-refractivity contribution in [3.8, 4) is 0 Å². The lowest BCUT2D eigenvalue weighted by atomic mass is 9.81. The molecule has 14 heavy (non-hydrogen) atoms. The van der Waals surface area contributed by atoms with Crippen LogP contribution in [0.1, 0.15) is 47.5 Å². The topological polar surface area (TPSA) is 17.1 Å². The normalized spacial score (nSPS) is 21.4. The molecule has 0 saturated heterocycles. The third-order valence-corrected chi connectivity index (χ3v) is 8.57. The molecule has 0 aliphatic rings. The van der Waals surface area contributed by atoms with Gasteiger partial charge in [-0.25, -0.2) is 0 Å². The Hall–Kier alpha value is 0.930. The van der Waals surface area contributed by atoms with E-state index < -0.39 is 5.55 Å². The molecule has 0 N–H and O–H groups in total. The standard InChI is InChI=1S/C10H23OPS2/c1-6-8(3)10(5,9(4)7-2)12(11,13)14/h8-9H,6-7H2,1-5H3,(H2,11,13,14). The Balaban J connectivity index is 5.16. The molecule has 0 aliphatic heterocycles. The first-order valence-electron chi connectivity index (χ1n) is 5.27. The summed E-state index contributed by atoms with van der Waals surface area (Å²) in [6.45, 7) is 10.6. The Morgan fingerprint density at radius 2 is 1.43 bits per heavy atom. The van der Waals surface area contributed by atoms with Crippen molar-refractivity contribution >= 4 is 30.0 Å². The summed E-state index contributed by atoms with van der Waals surface area (Å²) in [5.41, 5.74) is -2.64. The van der Waals surface area contributed by atoms with Crippen LogP contribution in [0.25, 0.3) is 0 Å². The Morgan fingerprint density at radius 1 is 1.14 bits per heavy atom. The molecular formula is C10H23OPS2. The van der Waals surface area contributed by atoms with Gasteiger partial charge in [-0.15, -0.1) is 24.5 Å². The Labute approximate surface area is 99.1 Å². The molecule has 0 aromatic heterocycles. The lowest BCUT2D eigenvalue weighted by Crippen LogP contribution is -2.37. The third-order valence-electron chi connectivity index (χ3n) is 3.85. The number of thiol groups is 2. The Kier molecular flexibility index (Phi) is 5.67. The smallest absolute Gasteiger partial charge is 0.191 e. The maximum Gasteiger partial charge on any atom is 0.191 e. The van der Waals surface area contributed by atoms with E-state index in [1.165, 1.54) is 0 Å². The van der Waals surface area contributed by atoms with Crippen LogP contribution in [0.3, 0.4) is 0 Å². The molecule has 0 bridgehead atoms. The molecular weight excluding hydrogens is 231 g/mol. The predicted octanol–water partition coefficient (Wildman–Crippen LogP) is 4.89. The van der Waals surface area contributed by atoms with Crippen molar-refractivity contribution in [1.29, 1.82) is 0 Å². The first-order valence-corrected chi connectivity index (χ1v) is 9.28. The summed E-state index contributed by atoms with van der Waals surface area (Å²) < 4.78 is 12.2. The fourth-order valence-corrected chi connectivity index (χ4v) is 5.77. The van der Waals surface area contributed by atoms with Crippen LogP contribution in [0.2, 0.25) is 0 Å². The van der Waals surface area contributed by atoms with Gasteiger partial charge in [0.2, 0.25) is 0 Å². The molecule has 2 atom stereocenters. The van der Waals surface area contributed by atoms with Gasteiger partial charge in [0, 0.05) is 5.16 Å². The van der Waals surface area contributed by atoms with E-state index in [0.29, 0.717) is 11.8 Å². The minimum absolute atomic E-state index is 0.261. The highest BCUT2D eigenvalue weighted by Gasteiger charge is 2.46. The molecule has 0 heterocycles. The fourth-order valence-electron chi connectivity index (χ4n) is 1.89. The van der Waals surface area contributed by atoms with Crippen molar-refractivity contribution in [3.05, 3.63) is 0 Å². The van der Waals surface area contributed by atoms with Gasteiger partial charge in [0.25, 0.3) is 0 Å². The summed E-state index contributed by atoms with van der Waals surface area (Å²) in [7, 11) is 0. The van der Waals surface area contributed by atoms with Gasteiger partial charge in [-0.1, -0.05) is 47.5 Å². The SMILES string of the molecule is CCC(C)C(C)(C(C)CC)P(=O)(S)S. The van der Waals surface area contributed by atoms with Crippen molar-refractivity contribution in [2.24, 2.45) is 11.8 Å². The second-order valence-corrected chi connectivity index (χ2v) is 10.8. The highest BCUT2D eigenvalue weighted by molar-refractivity contribution is 8.81. The molecule has 0 aliphatic carbocycles. The number of hydrogen-bond acceptors (Lipinski definition) is 1. The Bertz CT molecular complexity index is 214. The zero-order valence-corrected chi connectivity index (χ0v) is 12.5. The zero-order chi connectivity index (χ0) is 11.6. The average molecular weight is 254 g/mol. The quantitative estimate of drug-likeness (QED) is 0.527. The molecule has 0 amide bonds. The molecule has 0 fully saturated rings. The van der Waals surface area contributed by atoms with Gasteiger partial charge in [-0.05, 0) is 11.8 Å². The van der Waals surface area contributed by atoms with E-state index in [1.807, 2.05) is 0 Å². The first-order chi connectivity index (χ1) is 6.21. The van der Waals surface area contributed by atoms with Crippen molar-refractivity contribution in [2.75, 3.05) is 0 Å². The van der Waals surface area contributed by atoms with Gasteiger partial charge >= 0.3 is 0 Å². The van der Waals surface area contributed by atoms with Gasteiger partial charge in [0.05, 0.1) is 0 Å². The minimum Gasteiger partial charge on any atom is -0.300 e. The number of hydrogen-bond donors (Lipinski definition) is 2. The summed E-state index contributed by atoms with van der Waals surface area (Å²) >= 11 is 8.48. The van der Waals surface area contributed by atoms with Gasteiger partial charge in [0.1, 0.15) is 0 Å². The maximum atomic E-state index is 12.2. The lowest BCUT2D eigenvalue weighted by Gasteiger charge is -2.42. The maximum absolute atomic E-state index is 12.2. The van der Waals surface area contributed by atoms with E-state index in [1.54, 1.807) is 0 Å². The molecule has 0 radical (unpaired) electrons. The van der Waals surface area contributed by atoms with Crippen LogP contribution in [0.4, 0.5) is 0 Å². The van der Waals surface area contributed by atoms with E-state index in [4.69, 9.17) is 0 Å². The monoisotopic (exact) mass is 254 g/mol. The molecule has 0 aromatic rings. The van der Waals surface area contributed by atoms with Crippen LogP contribution in [0, 0.1) is 11.8 Å². The molecule has 0 spiro atoms. The zero-order valence-electron chi connectivity index (χ0n) is 9.82. The van der Waals surface area contributed by atoms with Crippen molar-refractivity contribution in [3.63, 3.8) is 0 Å². The van der Waals surface area contributed by atoms with Crippen LogP contribution >= 0.6 is 30.0 Å². The van der Waals surface area contributed by atoms with E-state index in [2.05, 4.69) is 59.1 Å². The van der Waals surface area contributed by atoms with E-state index in [0.717, 1.165) is 12.8 Å².